The molecule has 21 heavy (non-hydrogen) atoms. The molecule has 0 aliphatic rings. The highest BCUT2D eigenvalue weighted by atomic mass is 32.2. The Bertz CT molecular complexity index is 729. The first kappa shape index (κ1) is 15.8. The van der Waals surface area contributed by atoms with Crippen LogP contribution in [0.3, 0.4) is 0 Å². The number of halogens is 2. The molecule has 1 aromatic carbocycles. The average molecular weight is 332 g/mol. The minimum Gasteiger partial charge on any atom is -0.375 e. The first-order valence-electron chi connectivity index (χ1n) is 6.12. The van der Waals surface area contributed by atoms with Crippen LogP contribution >= 0.6 is 11.3 Å². The van der Waals surface area contributed by atoms with Gasteiger partial charge in [-0.15, -0.1) is 11.3 Å². The van der Waals surface area contributed by atoms with Gasteiger partial charge in [0.1, 0.15) is 5.01 Å². The lowest BCUT2D eigenvalue weighted by Gasteiger charge is -2.16. The standard InChI is InChI=1S/C13H14F2N2O2S2/c1-8-7-16-12(20-8)9(2)17-10-5-3-4-6-11(10)21(18,19)13(14)15/h3-7,9,13,17H,1-2H3. The fourth-order valence-corrected chi connectivity index (χ4v) is 3.47. The Labute approximate surface area is 125 Å². The van der Waals surface area contributed by atoms with Crippen molar-refractivity contribution in [2.75, 3.05) is 5.32 Å². The lowest BCUT2D eigenvalue weighted by atomic mass is 10.2. The van der Waals surface area contributed by atoms with E-state index in [1.165, 1.54) is 29.5 Å². The van der Waals surface area contributed by atoms with Gasteiger partial charge < -0.3 is 5.32 Å². The van der Waals surface area contributed by atoms with Gasteiger partial charge in [0.2, 0.25) is 9.84 Å². The molecule has 1 atom stereocenters. The third-order valence-electron chi connectivity index (χ3n) is 2.81. The molecule has 0 aliphatic heterocycles. The molecule has 0 saturated carbocycles. The van der Waals surface area contributed by atoms with E-state index in [0.717, 1.165) is 9.88 Å². The summed E-state index contributed by atoms with van der Waals surface area (Å²) in [6.45, 7) is 3.70. The number of aryl methyl sites for hydroxylation is 1. The molecular weight excluding hydrogens is 318 g/mol. The lowest BCUT2D eigenvalue weighted by Crippen LogP contribution is -2.15. The molecule has 8 heteroatoms. The fraction of sp³-hybridized carbons (Fsp3) is 0.308. The van der Waals surface area contributed by atoms with Crippen molar-refractivity contribution in [1.29, 1.82) is 0 Å². The third-order valence-corrected chi connectivity index (χ3v) is 5.34. The number of benzene rings is 1. The number of aromatic nitrogens is 1. The zero-order chi connectivity index (χ0) is 15.6. The number of rotatable bonds is 5. The van der Waals surface area contributed by atoms with Gasteiger partial charge in [-0.25, -0.2) is 13.4 Å². The summed E-state index contributed by atoms with van der Waals surface area (Å²) in [5.74, 6) is -3.45. The van der Waals surface area contributed by atoms with E-state index in [1.807, 2.05) is 6.92 Å². The van der Waals surface area contributed by atoms with Crippen LogP contribution in [0.25, 0.3) is 0 Å². The minimum absolute atomic E-state index is 0.151. The largest absolute Gasteiger partial charge is 0.375 e. The van der Waals surface area contributed by atoms with Crippen molar-refractivity contribution in [2.45, 2.75) is 30.5 Å². The Kier molecular flexibility index (Phi) is 4.58. The van der Waals surface area contributed by atoms with Gasteiger partial charge in [-0.2, -0.15) is 8.78 Å². The van der Waals surface area contributed by atoms with Crippen molar-refractivity contribution in [3.63, 3.8) is 0 Å². The number of nitrogens with zero attached hydrogens (tertiary/aromatic N) is 1. The molecule has 114 valence electrons. The van der Waals surface area contributed by atoms with E-state index in [4.69, 9.17) is 0 Å². The maximum absolute atomic E-state index is 12.7. The van der Waals surface area contributed by atoms with Gasteiger partial charge >= 0.3 is 5.76 Å². The summed E-state index contributed by atoms with van der Waals surface area (Å²) < 4.78 is 48.8. The van der Waals surface area contributed by atoms with Crippen molar-refractivity contribution >= 4 is 26.9 Å². The zero-order valence-electron chi connectivity index (χ0n) is 11.4. The van der Waals surface area contributed by atoms with E-state index in [-0.39, 0.29) is 11.7 Å². The van der Waals surface area contributed by atoms with Crippen molar-refractivity contribution in [1.82, 2.24) is 4.98 Å². The van der Waals surface area contributed by atoms with Gasteiger partial charge in [-0.05, 0) is 26.0 Å². The Morgan fingerprint density at radius 2 is 1.95 bits per heavy atom. The maximum Gasteiger partial charge on any atom is 0.341 e. The number of thiazole rings is 1. The van der Waals surface area contributed by atoms with Crippen LogP contribution in [0.15, 0.2) is 35.4 Å². The highest BCUT2D eigenvalue weighted by molar-refractivity contribution is 7.91. The molecule has 0 bridgehead atoms. The van der Waals surface area contributed by atoms with Crippen LogP contribution < -0.4 is 5.32 Å². The number of alkyl halides is 2. The molecule has 2 rings (SSSR count). The molecule has 0 amide bonds. The second-order valence-electron chi connectivity index (χ2n) is 4.48. The highest BCUT2D eigenvalue weighted by Gasteiger charge is 2.29. The molecular formula is C13H14F2N2O2S2. The van der Waals surface area contributed by atoms with Crippen LogP contribution in [0, 0.1) is 6.92 Å². The van der Waals surface area contributed by atoms with Crippen LogP contribution in [0.2, 0.25) is 0 Å². The molecule has 0 spiro atoms. The molecule has 0 fully saturated rings. The first-order chi connectivity index (χ1) is 9.82. The molecule has 1 aromatic heterocycles. The Morgan fingerprint density at radius 3 is 2.52 bits per heavy atom. The highest BCUT2D eigenvalue weighted by Crippen LogP contribution is 2.30. The van der Waals surface area contributed by atoms with E-state index in [2.05, 4.69) is 10.3 Å². The number of anilines is 1. The summed E-state index contributed by atoms with van der Waals surface area (Å²) in [5, 5.41) is 3.70. The first-order valence-corrected chi connectivity index (χ1v) is 8.48. The van der Waals surface area contributed by atoms with Crippen LogP contribution in [0.5, 0.6) is 0 Å². The predicted octanol–water partition coefficient (Wildman–Crippen LogP) is 3.62. The van der Waals surface area contributed by atoms with Gasteiger partial charge in [0.15, 0.2) is 0 Å². The summed E-state index contributed by atoms with van der Waals surface area (Å²) >= 11 is 1.46. The molecule has 0 radical (unpaired) electrons. The van der Waals surface area contributed by atoms with Gasteiger partial charge in [0.05, 0.1) is 16.6 Å². The topological polar surface area (TPSA) is 59.1 Å². The number of para-hydroxylation sites is 1. The quantitative estimate of drug-likeness (QED) is 0.908. The van der Waals surface area contributed by atoms with Gasteiger partial charge in [-0.3, -0.25) is 0 Å². The minimum atomic E-state index is -4.64. The van der Waals surface area contributed by atoms with Crippen LogP contribution in [-0.4, -0.2) is 19.2 Å². The van der Waals surface area contributed by atoms with Crippen molar-refractivity contribution in [3.8, 4) is 0 Å². The van der Waals surface area contributed by atoms with E-state index >= 15 is 0 Å². The molecule has 0 saturated heterocycles. The predicted molar refractivity (Wildman–Crippen MR) is 78.5 cm³/mol. The monoisotopic (exact) mass is 332 g/mol. The Balaban J connectivity index is 2.33. The molecule has 4 nitrogen and oxygen atoms in total. The molecule has 1 unspecified atom stereocenters. The smallest absolute Gasteiger partial charge is 0.341 e. The zero-order valence-corrected chi connectivity index (χ0v) is 13.0. The Morgan fingerprint density at radius 1 is 1.29 bits per heavy atom. The van der Waals surface area contributed by atoms with Crippen LogP contribution in [0.1, 0.15) is 22.9 Å². The van der Waals surface area contributed by atoms with Gasteiger partial charge in [0, 0.05) is 11.1 Å². The number of hydrogen-bond donors (Lipinski definition) is 1. The number of nitrogens with one attached hydrogen (secondary N) is 1. The maximum atomic E-state index is 12.7. The second-order valence-corrected chi connectivity index (χ2v) is 7.63. The molecule has 1 heterocycles. The van der Waals surface area contributed by atoms with E-state index in [1.54, 1.807) is 19.2 Å². The van der Waals surface area contributed by atoms with Gasteiger partial charge in [0.25, 0.3) is 0 Å². The molecule has 1 N–H and O–H groups in total. The van der Waals surface area contributed by atoms with E-state index in [9.17, 15) is 17.2 Å². The number of hydrogen-bond acceptors (Lipinski definition) is 5. The average Bonchev–Trinajstić information content (AvgIpc) is 2.86. The lowest BCUT2D eigenvalue weighted by molar-refractivity contribution is 0.235. The Hall–Kier alpha value is -1.54. The summed E-state index contributed by atoms with van der Waals surface area (Å²) in [4.78, 5) is 4.82. The number of sulfone groups is 1. The van der Waals surface area contributed by atoms with Crippen LogP contribution in [0.4, 0.5) is 14.5 Å². The van der Waals surface area contributed by atoms with Gasteiger partial charge in [-0.1, -0.05) is 12.1 Å². The SMILES string of the molecule is Cc1cnc(C(C)Nc2ccccc2S(=O)(=O)C(F)F)s1. The summed E-state index contributed by atoms with van der Waals surface area (Å²) in [6.07, 6.45) is 1.71. The fourth-order valence-electron chi connectivity index (χ4n) is 1.80. The van der Waals surface area contributed by atoms with Crippen molar-refractivity contribution in [2.24, 2.45) is 0 Å². The van der Waals surface area contributed by atoms with E-state index in [0.29, 0.717) is 0 Å². The molecule has 2 aromatic rings. The van der Waals surface area contributed by atoms with Crippen molar-refractivity contribution in [3.05, 3.63) is 40.3 Å². The van der Waals surface area contributed by atoms with Crippen LogP contribution in [-0.2, 0) is 9.84 Å². The second kappa shape index (κ2) is 6.07. The third kappa shape index (κ3) is 3.38. The molecule has 0 aliphatic carbocycles. The van der Waals surface area contributed by atoms with E-state index < -0.39 is 20.5 Å². The summed E-state index contributed by atoms with van der Waals surface area (Å²) in [6, 6.07) is 5.36. The normalized spacial score (nSPS) is 13.4. The van der Waals surface area contributed by atoms with Crippen molar-refractivity contribution < 1.29 is 17.2 Å². The summed E-state index contributed by atoms with van der Waals surface area (Å²) in [7, 11) is -4.64. The summed E-state index contributed by atoms with van der Waals surface area (Å²) in [5.41, 5.74) is 0.151.